The van der Waals surface area contributed by atoms with Gasteiger partial charge in [-0.15, -0.1) is 0 Å². The number of aryl methyl sites for hydroxylation is 1. The van der Waals surface area contributed by atoms with E-state index in [1.807, 2.05) is 49.4 Å². The van der Waals surface area contributed by atoms with Gasteiger partial charge in [-0.1, -0.05) is 62.1 Å². The lowest BCUT2D eigenvalue weighted by Crippen LogP contribution is -2.41. The van der Waals surface area contributed by atoms with E-state index in [0.717, 1.165) is 54.5 Å². The molecule has 2 saturated carbocycles. The number of benzene rings is 2. The predicted octanol–water partition coefficient (Wildman–Crippen LogP) is 7.57. The summed E-state index contributed by atoms with van der Waals surface area (Å²) in [4.78, 5) is 27.6. The smallest absolute Gasteiger partial charge is 0.389 e. The molecule has 0 aromatic heterocycles. The molecule has 5 nitrogen and oxygen atoms in total. The molecule has 1 N–H and O–H groups in total. The molecular formula is C32H41F3N2O3. The zero-order valence-electron chi connectivity index (χ0n) is 23.7. The molecule has 1 unspecified atom stereocenters. The van der Waals surface area contributed by atoms with Crippen LogP contribution in [0.25, 0.3) is 0 Å². The van der Waals surface area contributed by atoms with Gasteiger partial charge in [0.1, 0.15) is 0 Å². The van der Waals surface area contributed by atoms with Crippen LogP contribution in [0.15, 0.2) is 42.5 Å². The number of ether oxygens (including phenoxy) is 1. The van der Waals surface area contributed by atoms with Gasteiger partial charge >= 0.3 is 12.1 Å². The van der Waals surface area contributed by atoms with Gasteiger partial charge in [-0.25, -0.2) is 0 Å². The van der Waals surface area contributed by atoms with Crippen LogP contribution >= 0.6 is 0 Å². The number of amides is 1. The van der Waals surface area contributed by atoms with E-state index in [1.54, 1.807) is 13.8 Å². The summed E-state index contributed by atoms with van der Waals surface area (Å²) in [6.45, 7) is 5.99. The average molecular weight is 559 g/mol. The maximum atomic E-state index is 13.3. The summed E-state index contributed by atoms with van der Waals surface area (Å²) in [5.41, 5.74) is 4.26. The van der Waals surface area contributed by atoms with Crippen LogP contribution in [0.1, 0.15) is 81.4 Å². The highest BCUT2D eigenvalue weighted by Gasteiger charge is 2.45. The zero-order valence-corrected chi connectivity index (χ0v) is 23.7. The van der Waals surface area contributed by atoms with Crippen LogP contribution in [-0.2, 0) is 20.7 Å². The van der Waals surface area contributed by atoms with Crippen molar-refractivity contribution in [2.24, 2.45) is 11.8 Å². The van der Waals surface area contributed by atoms with Gasteiger partial charge in [-0.3, -0.25) is 9.59 Å². The molecule has 0 aliphatic heterocycles. The number of hydrogen-bond acceptors (Lipinski definition) is 4. The van der Waals surface area contributed by atoms with Crippen LogP contribution in [0.2, 0.25) is 0 Å². The molecule has 0 spiro atoms. The fourth-order valence-corrected chi connectivity index (χ4v) is 5.93. The maximum absolute atomic E-state index is 13.3. The molecule has 3 atom stereocenters. The van der Waals surface area contributed by atoms with Gasteiger partial charge in [0.15, 0.2) is 0 Å². The number of carbonyl (C=O) groups excluding carboxylic acids is 2. The third-order valence-electron chi connectivity index (χ3n) is 8.00. The molecule has 2 fully saturated rings. The highest BCUT2D eigenvalue weighted by Crippen LogP contribution is 2.50. The second-order valence-corrected chi connectivity index (χ2v) is 11.6. The van der Waals surface area contributed by atoms with Gasteiger partial charge < -0.3 is 15.0 Å². The highest BCUT2D eigenvalue weighted by molar-refractivity contribution is 5.96. The Morgan fingerprint density at radius 2 is 1.77 bits per heavy atom. The maximum Gasteiger partial charge on any atom is 0.389 e. The SMILES string of the molecule is CCOC(=O)[C@H]1C[C@H]1c1ccc(N(CC(C)CC(F)(F)F)C2CCCCC2)c(NC(=O)Cc2ccc(C)cc2)c1. The summed E-state index contributed by atoms with van der Waals surface area (Å²) in [5.74, 6) is -1.20. The van der Waals surface area contributed by atoms with E-state index < -0.39 is 18.5 Å². The molecule has 0 bridgehead atoms. The normalized spacial score (nSPS) is 20.1. The van der Waals surface area contributed by atoms with E-state index in [9.17, 15) is 22.8 Å². The van der Waals surface area contributed by atoms with E-state index in [-0.39, 0.29) is 42.7 Å². The first-order chi connectivity index (χ1) is 19.0. The second kappa shape index (κ2) is 13.1. The van der Waals surface area contributed by atoms with Gasteiger partial charge in [0.05, 0.1) is 30.3 Å². The molecule has 1 amide bonds. The molecule has 0 saturated heterocycles. The van der Waals surface area contributed by atoms with E-state index in [2.05, 4.69) is 10.2 Å². The number of nitrogens with one attached hydrogen (secondary N) is 1. The minimum atomic E-state index is -4.24. The first kappa shape index (κ1) is 29.9. The Morgan fingerprint density at radius 1 is 1.07 bits per heavy atom. The van der Waals surface area contributed by atoms with E-state index in [0.29, 0.717) is 18.7 Å². The number of rotatable bonds is 11. The molecular weight excluding hydrogens is 517 g/mol. The zero-order chi connectivity index (χ0) is 28.9. The lowest BCUT2D eigenvalue weighted by molar-refractivity contribution is -0.145. The number of carbonyl (C=O) groups is 2. The van der Waals surface area contributed by atoms with Crippen molar-refractivity contribution in [1.82, 2.24) is 0 Å². The minimum absolute atomic E-state index is 0.00753. The topological polar surface area (TPSA) is 58.6 Å². The van der Waals surface area contributed by atoms with Crippen molar-refractivity contribution >= 4 is 23.3 Å². The lowest BCUT2D eigenvalue weighted by Gasteiger charge is -2.39. The summed E-state index contributed by atoms with van der Waals surface area (Å²) in [6, 6.07) is 13.7. The number of alkyl halides is 3. The summed E-state index contributed by atoms with van der Waals surface area (Å²) in [6.07, 6.45) is 0.786. The van der Waals surface area contributed by atoms with Crippen LogP contribution in [0.5, 0.6) is 0 Å². The van der Waals surface area contributed by atoms with Crippen molar-refractivity contribution < 1.29 is 27.5 Å². The van der Waals surface area contributed by atoms with Gasteiger partial charge in [0, 0.05) is 19.0 Å². The molecule has 8 heteroatoms. The van der Waals surface area contributed by atoms with Gasteiger partial charge in [-0.05, 0) is 68.2 Å². The first-order valence-electron chi connectivity index (χ1n) is 14.5. The van der Waals surface area contributed by atoms with E-state index in [4.69, 9.17) is 4.74 Å². The molecule has 2 aromatic rings. The fraction of sp³-hybridized carbons (Fsp3) is 0.562. The van der Waals surface area contributed by atoms with Crippen molar-refractivity contribution in [2.45, 2.75) is 90.3 Å². The molecule has 2 aliphatic carbocycles. The number of esters is 1. The van der Waals surface area contributed by atoms with E-state index in [1.165, 1.54) is 0 Å². The van der Waals surface area contributed by atoms with Crippen molar-refractivity contribution in [3.05, 3.63) is 59.2 Å². The molecule has 0 heterocycles. The van der Waals surface area contributed by atoms with Crippen LogP contribution in [-0.4, -0.2) is 37.2 Å². The third kappa shape index (κ3) is 8.24. The highest BCUT2D eigenvalue weighted by atomic mass is 19.4. The van der Waals surface area contributed by atoms with Crippen LogP contribution in [0.3, 0.4) is 0 Å². The molecule has 40 heavy (non-hydrogen) atoms. The Hall–Kier alpha value is -3.03. The Labute approximate surface area is 235 Å². The van der Waals surface area contributed by atoms with Crippen molar-refractivity contribution in [3.63, 3.8) is 0 Å². The molecule has 0 radical (unpaired) electrons. The number of hydrogen-bond donors (Lipinski definition) is 1. The quantitative estimate of drug-likeness (QED) is 0.289. The second-order valence-electron chi connectivity index (χ2n) is 11.6. The Morgan fingerprint density at radius 3 is 2.42 bits per heavy atom. The standard InChI is InChI=1S/C32H41F3N2O3/c1-4-40-31(39)27-18-26(27)24-14-15-29(28(17-24)36-30(38)16-23-12-10-21(2)11-13-23)37(25-8-6-5-7-9-25)20-22(3)19-32(33,34)35/h10-15,17,22,25-27H,4-9,16,18-20H2,1-3H3,(H,36,38)/t22?,26-,27-/m0/s1. The molecule has 4 rings (SSSR count). The van der Waals surface area contributed by atoms with Gasteiger partial charge in [0.2, 0.25) is 5.91 Å². The molecule has 218 valence electrons. The van der Waals surface area contributed by atoms with Crippen molar-refractivity contribution in [2.75, 3.05) is 23.4 Å². The van der Waals surface area contributed by atoms with Crippen molar-refractivity contribution in [3.8, 4) is 0 Å². The van der Waals surface area contributed by atoms with Gasteiger partial charge in [-0.2, -0.15) is 13.2 Å². The first-order valence-corrected chi connectivity index (χ1v) is 14.5. The number of nitrogens with zero attached hydrogens (tertiary/aromatic N) is 1. The van der Waals surface area contributed by atoms with Crippen LogP contribution < -0.4 is 10.2 Å². The summed E-state index contributed by atoms with van der Waals surface area (Å²) < 4.78 is 45.0. The minimum Gasteiger partial charge on any atom is -0.466 e. The average Bonchev–Trinajstić information content (AvgIpc) is 3.70. The lowest BCUT2D eigenvalue weighted by atomic mass is 9.92. The van der Waals surface area contributed by atoms with Crippen LogP contribution in [0.4, 0.5) is 24.5 Å². The van der Waals surface area contributed by atoms with E-state index >= 15 is 0 Å². The number of anilines is 2. The Balaban J connectivity index is 1.64. The monoisotopic (exact) mass is 558 g/mol. The Kier molecular flexibility index (Phi) is 9.80. The third-order valence-corrected chi connectivity index (χ3v) is 8.00. The molecule has 2 aliphatic rings. The van der Waals surface area contributed by atoms with Crippen LogP contribution in [0, 0.1) is 18.8 Å². The van der Waals surface area contributed by atoms with Crippen molar-refractivity contribution in [1.29, 1.82) is 0 Å². The fourth-order valence-electron chi connectivity index (χ4n) is 5.93. The van der Waals surface area contributed by atoms with Gasteiger partial charge in [0.25, 0.3) is 0 Å². The predicted molar refractivity (Wildman–Crippen MR) is 151 cm³/mol. The summed E-state index contributed by atoms with van der Waals surface area (Å²) in [5, 5.41) is 3.09. The Bertz CT molecular complexity index is 1160. The summed E-state index contributed by atoms with van der Waals surface area (Å²) in [7, 11) is 0. The molecule has 2 aromatic carbocycles. The number of halogens is 3. The largest absolute Gasteiger partial charge is 0.466 e. The summed E-state index contributed by atoms with van der Waals surface area (Å²) >= 11 is 0.